The predicted molar refractivity (Wildman–Crippen MR) is 92.2 cm³/mol. The zero-order chi connectivity index (χ0) is 17.1. The molecule has 0 amide bonds. The number of rotatable bonds is 5. The van der Waals surface area contributed by atoms with Gasteiger partial charge in [-0.3, -0.25) is 0 Å². The second-order valence-corrected chi connectivity index (χ2v) is 6.06. The minimum Gasteiger partial charge on any atom is -0.486 e. The fourth-order valence-electron chi connectivity index (χ4n) is 3.06. The van der Waals surface area contributed by atoms with E-state index in [1.54, 1.807) is 0 Å². The van der Waals surface area contributed by atoms with Crippen molar-refractivity contribution in [3.05, 3.63) is 46.8 Å². The molecule has 0 fully saturated rings. The molecule has 1 aromatic carbocycles. The van der Waals surface area contributed by atoms with Crippen LogP contribution in [0.1, 0.15) is 41.9 Å². The van der Waals surface area contributed by atoms with Crippen LogP contribution in [0, 0.1) is 18.3 Å². The van der Waals surface area contributed by atoms with Gasteiger partial charge in [-0.15, -0.1) is 0 Å². The SMILES string of the molecule is CCC(NCc1cc(C#N)n(C)c1C)c1ccc2c(c1)OCCO2. The smallest absolute Gasteiger partial charge is 0.161 e. The quantitative estimate of drug-likeness (QED) is 0.917. The lowest BCUT2D eigenvalue weighted by molar-refractivity contribution is 0.171. The summed E-state index contributed by atoms with van der Waals surface area (Å²) < 4.78 is 13.2. The van der Waals surface area contributed by atoms with E-state index in [0.29, 0.717) is 18.9 Å². The molecule has 0 bridgehead atoms. The minimum absolute atomic E-state index is 0.228. The molecule has 1 aliphatic heterocycles. The third-order valence-corrected chi connectivity index (χ3v) is 4.67. The first-order chi connectivity index (χ1) is 11.6. The Hall–Kier alpha value is -2.45. The largest absolute Gasteiger partial charge is 0.486 e. The fraction of sp³-hybridized carbons (Fsp3) is 0.421. The standard InChI is InChI=1S/C19H23N3O2/c1-4-17(14-5-6-18-19(10-14)24-8-7-23-18)21-12-15-9-16(11-20)22(3)13(15)2/h5-6,9-10,17,21H,4,7-8,12H2,1-3H3. The Morgan fingerprint density at radius 2 is 2.00 bits per heavy atom. The van der Waals surface area contributed by atoms with Crippen molar-refractivity contribution in [2.45, 2.75) is 32.9 Å². The molecule has 5 nitrogen and oxygen atoms in total. The monoisotopic (exact) mass is 325 g/mol. The summed E-state index contributed by atoms with van der Waals surface area (Å²) in [6, 6.07) is 10.5. The number of fused-ring (bicyclic) bond motifs is 1. The molecule has 0 saturated heterocycles. The molecular formula is C19H23N3O2. The first kappa shape index (κ1) is 16.4. The van der Waals surface area contributed by atoms with E-state index in [9.17, 15) is 0 Å². The average Bonchev–Trinajstić information content (AvgIpc) is 2.90. The highest BCUT2D eigenvalue weighted by molar-refractivity contribution is 5.44. The van der Waals surface area contributed by atoms with Crippen LogP contribution in [-0.4, -0.2) is 17.8 Å². The van der Waals surface area contributed by atoms with Crippen molar-refractivity contribution in [2.75, 3.05) is 13.2 Å². The van der Waals surface area contributed by atoms with E-state index in [0.717, 1.165) is 35.7 Å². The van der Waals surface area contributed by atoms with Crippen LogP contribution in [-0.2, 0) is 13.6 Å². The van der Waals surface area contributed by atoms with Crippen molar-refractivity contribution in [2.24, 2.45) is 7.05 Å². The molecule has 1 aliphatic rings. The number of hydrogen-bond donors (Lipinski definition) is 1. The zero-order valence-electron chi connectivity index (χ0n) is 14.4. The third kappa shape index (κ3) is 3.10. The van der Waals surface area contributed by atoms with Gasteiger partial charge in [0.05, 0.1) is 0 Å². The van der Waals surface area contributed by atoms with E-state index >= 15 is 0 Å². The van der Waals surface area contributed by atoms with Gasteiger partial charge >= 0.3 is 0 Å². The molecule has 0 radical (unpaired) electrons. The average molecular weight is 325 g/mol. The Morgan fingerprint density at radius 3 is 2.67 bits per heavy atom. The van der Waals surface area contributed by atoms with Crippen LogP contribution in [0.2, 0.25) is 0 Å². The van der Waals surface area contributed by atoms with E-state index in [4.69, 9.17) is 14.7 Å². The Kier molecular flexibility index (Phi) is 4.77. The molecule has 0 saturated carbocycles. The topological polar surface area (TPSA) is 59.2 Å². The Bertz CT molecular complexity index is 774. The number of nitriles is 1. The van der Waals surface area contributed by atoms with Crippen LogP contribution in [0.4, 0.5) is 0 Å². The lowest BCUT2D eigenvalue weighted by Crippen LogP contribution is -2.21. The minimum atomic E-state index is 0.228. The summed E-state index contributed by atoms with van der Waals surface area (Å²) in [5.74, 6) is 1.64. The lowest BCUT2D eigenvalue weighted by Gasteiger charge is -2.22. The van der Waals surface area contributed by atoms with Crippen LogP contribution in [0.3, 0.4) is 0 Å². The van der Waals surface area contributed by atoms with Crippen molar-refractivity contribution < 1.29 is 9.47 Å². The molecule has 3 rings (SSSR count). The molecule has 126 valence electrons. The summed E-state index contributed by atoms with van der Waals surface area (Å²) in [5, 5.41) is 12.7. The fourth-order valence-corrected chi connectivity index (χ4v) is 3.06. The molecule has 1 N–H and O–H groups in total. The lowest BCUT2D eigenvalue weighted by atomic mass is 10.0. The first-order valence-electron chi connectivity index (χ1n) is 8.32. The summed E-state index contributed by atoms with van der Waals surface area (Å²) in [7, 11) is 1.93. The second kappa shape index (κ2) is 6.98. The van der Waals surface area contributed by atoms with Gasteiger partial charge in [-0.25, -0.2) is 0 Å². The van der Waals surface area contributed by atoms with Crippen molar-refractivity contribution in [1.29, 1.82) is 5.26 Å². The van der Waals surface area contributed by atoms with Crippen molar-refractivity contribution in [3.63, 3.8) is 0 Å². The summed E-state index contributed by atoms with van der Waals surface area (Å²) in [4.78, 5) is 0. The number of nitrogens with zero attached hydrogens (tertiary/aromatic N) is 2. The molecule has 0 spiro atoms. The van der Waals surface area contributed by atoms with Gasteiger partial charge in [0.25, 0.3) is 0 Å². The van der Waals surface area contributed by atoms with E-state index in [-0.39, 0.29) is 6.04 Å². The molecule has 0 aliphatic carbocycles. The summed E-state index contributed by atoms with van der Waals surface area (Å²) >= 11 is 0. The highest BCUT2D eigenvalue weighted by Crippen LogP contribution is 2.33. The van der Waals surface area contributed by atoms with E-state index in [1.165, 1.54) is 5.56 Å². The Balaban J connectivity index is 1.75. The van der Waals surface area contributed by atoms with E-state index in [2.05, 4.69) is 30.4 Å². The van der Waals surface area contributed by atoms with Crippen LogP contribution in [0.25, 0.3) is 0 Å². The van der Waals surface area contributed by atoms with Crippen LogP contribution >= 0.6 is 0 Å². The van der Waals surface area contributed by atoms with Crippen LogP contribution in [0.15, 0.2) is 24.3 Å². The maximum Gasteiger partial charge on any atom is 0.161 e. The predicted octanol–water partition coefficient (Wildman–Crippen LogP) is 3.22. The maximum absolute atomic E-state index is 9.15. The molecule has 24 heavy (non-hydrogen) atoms. The van der Waals surface area contributed by atoms with Crippen molar-refractivity contribution in [1.82, 2.24) is 9.88 Å². The van der Waals surface area contributed by atoms with Gasteiger partial charge in [-0.1, -0.05) is 13.0 Å². The summed E-state index contributed by atoms with van der Waals surface area (Å²) in [6.07, 6.45) is 0.969. The van der Waals surface area contributed by atoms with Gasteiger partial charge in [-0.2, -0.15) is 5.26 Å². The molecule has 5 heteroatoms. The summed E-state index contributed by atoms with van der Waals surface area (Å²) in [5.41, 5.74) is 4.16. The Morgan fingerprint density at radius 1 is 1.25 bits per heavy atom. The van der Waals surface area contributed by atoms with Gasteiger partial charge < -0.3 is 19.4 Å². The third-order valence-electron chi connectivity index (χ3n) is 4.67. The van der Waals surface area contributed by atoms with Gasteiger partial charge in [0, 0.05) is 25.3 Å². The number of aromatic nitrogens is 1. The molecule has 1 aromatic heterocycles. The van der Waals surface area contributed by atoms with Crippen LogP contribution < -0.4 is 14.8 Å². The highest BCUT2D eigenvalue weighted by Gasteiger charge is 2.17. The number of ether oxygens (including phenoxy) is 2. The van der Waals surface area contributed by atoms with Gasteiger partial charge in [-0.05, 0) is 42.7 Å². The summed E-state index contributed by atoms with van der Waals surface area (Å²) in [6.45, 7) is 6.14. The number of benzene rings is 1. The highest BCUT2D eigenvalue weighted by atomic mass is 16.6. The second-order valence-electron chi connectivity index (χ2n) is 6.06. The normalized spacial score (nSPS) is 14.2. The number of nitrogens with one attached hydrogen (secondary N) is 1. The maximum atomic E-state index is 9.15. The molecule has 2 aromatic rings. The number of hydrogen-bond acceptors (Lipinski definition) is 4. The Labute approximate surface area is 142 Å². The molecule has 1 unspecified atom stereocenters. The first-order valence-corrected chi connectivity index (χ1v) is 8.32. The molecule has 2 heterocycles. The van der Waals surface area contributed by atoms with Crippen LogP contribution in [0.5, 0.6) is 11.5 Å². The van der Waals surface area contributed by atoms with Gasteiger partial charge in [0.1, 0.15) is 25.0 Å². The van der Waals surface area contributed by atoms with Crippen molar-refractivity contribution >= 4 is 0 Å². The van der Waals surface area contributed by atoms with Gasteiger partial charge in [0.15, 0.2) is 11.5 Å². The molecule has 1 atom stereocenters. The van der Waals surface area contributed by atoms with Gasteiger partial charge in [0.2, 0.25) is 0 Å². The van der Waals surface area contributed by atoms with E-state index in [1.807, 2.05) is 30.7 Å². The molecular weight excluding hydrogens is 302 g/mol. The zero-order valence-corrected chi connectivity index (χ0v) is 14.4. The van der Waals surface area contributed by atoms with Crippen molar-refractivity contribution in [3.8, 4) is 17.6 Å². The van der Waals surface area contributed by atoms with E-state index < -0.39 is 0 Å².